The number of aliphatic hydroxyl groups excluding tert-OH is 2. The summed E-state index contributed by atoms with van der Waals surface area (Å²) in [6.45, 7) is 7.74. The van der Waals surface area contributed by atoms with Crippen LogP contribution < -0.4 is 11.2 Å². The molecule has 6 atom stereocenters. The molecule has 2 aliphatic rings. The van der Waals surface area contributed by atoms with Gasteiger partial charge in [0.15, 0.2) is 0 Å². The van der Waals surface area contributed by atoms with Crippen molar-refractivity contribution in [1.29, 1.82) is 0 Å². The van der Waals surface area contributed by atoms with Crippen LogP contribution in [0.4, 0.5) is 0 Å². The molecule has 2 aliphatic heterocycles. The molecule has 160 valence electrons. The van der Waals surface area contributed by atoms with Crippen LogP contribution in [-0.4, -0.2) is 50.3 Å². The van der Waals surface area contributed by atoms with Gasteiger partial charge in [-0.05, 0) is 26.2 Å². The molecule has 0 radical (unpaired) electrons. The average Bonchev–Trinajstić information content (AvgIpc) is 3.20. The molecule has 1 aromatic heterocycles. The van der Waals surface area contributed by atoms with E-state index in [9.17, 15) is 19.8 Å². The first-order valence-corrected chi connectivity index (χ1v) is 10.3. The lowest BCUT2D eigenvalue weighted by Crippen LogP contribution is -2.33. The molecule has 0 aliphatic carbocycles. The third-order valence-electron chi connectivity index (χ3n) is 5.38. The summed E-state index contributed by atoms with van der Waals surface area (Å²) in [5, 5.41) is 19.2. The van der Waals surface area contributed by atoms with E-state index in [-0.39, 0.29) is 18.3 Å². The van der Waals surface area contributed by atoms with Crippen molar-refractivity contribution in [2.24, 2.45) is 0 Å². The quantitative estimate of drug-likeness (QED) is 0.694. The third-order valence-corrected chi connectivity index (χ3v) is 5.38. The van der Waals surface area contributed by atoms with Crippen LogP contribution in [0.3, 0.4) is 0 Å². The molecule has 1 aromatic rings. The van der Waals surface area contributed by atoms with Crippen molar-refractivity contribution in [1.82, 2.24) is 9.55 Å². The molecule has 3 N–H and O–H groups in total. The first-order chi connectivity index (χ1) is 13.3. The number of aromatic nitrogens is 2. The molecular weight excluding hydrogens is 364 g/mol. The highest BCUT2D eigenvalue weighted by Gasteiger charge is 2.34. The minimum absolute atomic E-state index is 0.103. The number of hydrogen-bond acceptors (Lipinski definition) is 6. The second-order valence-electron chi connectivity index (χ2n) is 7.62. The molecule has 3 heterocycles. The van der Waals surface area contributed by atoms with Gasteiger partial charge in [0.25, 0.3) is 5.56 Å². The maximum absolute atomic E-state index is 11.6. The first-order valence-electron chi connectivity index (χ1n) is 10.3. The summed E-state index contributed by atoms with van der Waals surface area (Å²) in [6.07, 6.45) is 5.42. The summed E-state index contributed by atoms with van der Waals surface area (Å²) in [7, 11) is 0. The molecule has 28 heavy (non-hydrogen) atoms. The first kappa shape index (κ1) is 22.8. The topological polar surface area (TPSA) is 114 Å². The van der Waals surface area contributed by atoms with Gasteiger partial charge in [0.2, 0.25) is 0 Å². The van der Waals surface area contributed by atoms with Crippen LogP contribution in [0.2, 0.25) is 0 Å². The van der Waals surface area contributed by atoms with E-state index in [0.717, 1.165) is 25.7 Å². The Morgan fingerprint density at radius 3 is 2.21 bits per heavy atom. The predicted octanol–water partition coefficient (Wildman–Crippen LogP) is 1.62. The number of aliphatic hydroxyl groups is 2. The minimum atomic E-state index is -0.566. The van der Waals surface area contributed by atoms with E-state index in [4.69, 9.17) is 9.47 Å². The zero-order valence-corrected chi connectivity index (χ0v) is 17.3. The van der Waals surface area contributed by atoms with E-state index in [1.54, 1.807) is 6.92 Å². The fourth-order valence-corrected chi connectivity index (χ4v) is 3.74. The Morgan fingerprint density at radius 1 is 1.07 bits per heavy atom. The molecule has 0 unspecified atom stereocenters. The van der Waals surface area contributed by atoms with Crippen molar-refractivity contribution in [2.75, 3.05) is 0 Å². The van der Waals surface area contributed by atoms with Gasteiger partial charge in [0.05, 0.1) is 30.5 Å². The van der Waals surface area contributed by atoms with Crippen LogP contribution in [-0.2, 0) is 9.47 Å². The fraction of sp³-hybridized carbons (Fsp3) is 0.800. The highest BCUT2D eigenvalue weighted by Crippen LogP contribution is 2.29. The smallest absolute Gasteiger partial charge is 0.330 e. The van der Waals surface area contributed by atoms with Gasteiger partial charge in [-0.2, -0.15) is 0 Å². The highest BCUT2D eigenvalue weighted by molar-refractivity contribution is 5.02. The summed E-state index contributed by atoms with van der Waals surface area (Å²) in [6, 6.07) is 0. The lowest BCUT2D eigenvalue weighted by Gasteiger charge is -2.14. The summed E-state index contributed by atoms with van der Waals surface area (Å²) >= 11 is 0. The van der Waals surface area contributed by atoms with Crippen molar-refractivity contribution in [3.05, 3.63) is 32.6 Å². The molecule has 0 bridgehead atoms. The van der Waals surface area contributed by atoms with Crippen LogP contribution in [0, 0.1) is 6.92 Å². The Morgan fingerprint density at radius 2 is 1.68 bits per heavy atom. The van der Waals surface area contributed by atoms with E-state index in [2.05, 4.69) is 18.8 Å². The molecule has 2 fully saturated rings. The molecule has 3 rings (SSSR count). The molecule has 2 saturated heterocycles. The third kappa shape index (κ3) is 5.53. The normalized spacial score (nSPS) is 32.2. The summed E-state index contributed by atoms with van der Waals surface area (Å²) in [5.74, 6) is 0. The van der Waals surface area contributed by atoms with E-state index in [1.807, 2.05) is 6.92 Å². The second-order valence-corrected chi connectivity index (χ2v) is 7.62. The number of nitrogens with zero attached hydrogens (tertiary/aromatic N) is 1. The van der Waals surface area contributed by atoms with Crippen LogP contribution in [0.25, 0.3) is 0 Å². The Balaban J connectivity index is 0.000000221. The number of aryl methyl sites for hydroxylation is 1. The van der Waals surface area contributed by atoms with Gasteiger partial charge in [0, 0.05) is 24.6 Å². The number of H-pyrrole nitrogens is 1. The van der Waals surface area contributed by atoms with E-state index in [1.165, 1.54) is 10.8 Å². The molecule has 0 saturated carbocycles. The van der Waals surface area contributed by atoms with E-state index in [0.29, 0.717) is 24.5 Å². The number of ether oxygens (including phenoxy) is 2. The number of rotatable bonds is 5. The second kappa shape index (κ2) is 10.3. The molecule has 8 heteroatoms. The average molecular weight is 399 g/mol. The maximum atomic E-state index is 11.6. The fourth-order valence-electron chi connectivity index (χ4n) is 3.74. The number of aromatic amines is 1. The lowest BCUT2D eigenvalue weighted by molar-refractivity contribution is -0.0218. The highest BCUT2D eigenvalue weighted by atomic mass is 16.5. The Hall–Kier alpha value is -1.48. The monoisotopic (exact) mass is 398 g/mol. The van der Waals surface area contributed by atoms with Gasteiger partial charge in [-0.1, -0.05) is 27.2 Å². The minimum Gasteiger partial charge on any atom is -0.390 e. The molecule has 0 spiro atoms. The summed E-state index contributed by atoms with van der Waals surface area (Å²) in [5.41, 5.74) is -0.450. The zero-order chi connectivity index (χ0) is 20.8. The van der Waals surface area contributed by atoms with Crippen molar-refractivity contribution in [3.63, 3.8) is 0 Å². The van der Waals surface area contributed by atoms with Gasteiger partial charge >= 0.3 is 5.69 Å². The van der Waals surface area contributed by atoms with Gasteiger partial charge < -0.3 is 19.7 Å². The summed E-state index contributed by atoms with van der Waals surface area (Å²) < 4.78 is 12.5. The van der Waals surface area contributed by atoms with Crippen LogP contribution >= 0.6 is 0 Å². The van der Waals surface area contributed by atoms with Crippen LogP contribution in [0.1, 0.15) is 71.1 Å². The number of nitrogens with one attached hydrogen (secondary N) is 1. The Kier molecular flexibility index (Phi) is 8.42. The van der Waals surface area contributed by atoms with Crippen LogP contribution in [0.5, 0.6) is 0 Å². The SMILES string of the molecule is CCC[C@H]1C[C@@H](O)[C@@H](CC)O1.CC[C@H]1O[C@@H](n2cc(C)c(=O)[nH]c2=O)C[C@H]1O. The predicted molar refractivity (Wildman–Crippen MR) is 105 cm³/mol. The van der Waals surface area contributed by atoms with Crippen molar-refractivity contribution in [3.8, 4) is 0 Å². The van der Waals surface area contributed by atoms with Crippen LogP contribution in [0.15, 0.2) is 15.8 Å². The Bertz CT molecular complexity index is 730. The molecule has 8 nitrogen and oxygen atoms in total. The lowest BCUT2D eigenvalue weighted by atomic mass is 10.1. The van der Waals surface area contributed by atoms with Gasteiger partial charge in [-0.3, -0.25) is 14.3 Å². The van der Waals surface area contributed by atoms with Crippen molar-refractivity contribution < 1.29 is 19.7 Å². The Labute approximate surface area is 165 Å². The van der Waals surface area contributed by atoms with Gasteiger partial charge in [-0.15, -0.1) is 0 Å². The standard InChI is InChI=1S/C11H16N2O4.C9H18O2/c1-3-8-7(14)4-9(17-8)13-5-6(2)10(15)12-11(13)16;1-3-5-7-6-8(10)9(4-2)11-7/h5,7-9,14H,3-4H2,1-2H3,(H,12,15,16);7-10H,3-6H2,1-2H3/t7-,8-,9-;7-,8+,9+/m10/s1. The molecule has 0 aromatic carbocycles. The number of hydrogen-bond donors (Lipinski definition) is 3. The maximum Gasteiger partial charge on any atom is 0.330 e. The van der Waals surface area contributed by atoms with Crippen molar-refractivity contribution >= 4 is 0 Å². The van der Waals surface area contributed by atoms with Gasteiger partial charge in [0.1, 0.15) is 6.23 Å². The van der Waals surface area contributed by atoms with Crippen molar-refractivity contribution in [2.45, 2.75) is 103 Å². The van der Waals surface area contributed by atoms with Gasteiger partial charge in [-0.25, -0.2) is 4.79 Å². The largest absolute Gasteiger partial charge is 0.390 e. The summed E-state index contributed by atoms with van der Waals surface area (Å²) in [4.78, 5) is 25.1. The zero-order valence-electron chi connectivity index (χ0n) is 17.3. The van der Waals surface area contributed by atoms with E-state index < -0.39 is 23.6 Å². The molecule has 0 amide bonds. The molecular formula is C20H34N2O6. The van der Waals surface area contributed by atoms with E-state index >= 15 is 0 Å².